The van der Waals surface area contributed by atoms with Crippen molar-refractivity contribution in [3.8, 4) is 0 Å². The second kappa shape index (κ2) is 7.76. The smallest absolute Gasteiger partial charge is 0.255 e. The van der Waals surface area contributed by atoms with Crippen molar-refractivity contribution in [1.82, 2.24) is 19.7 Å². The summed E-state index contributed by atoms with van der Waals surface area (Å²) in [5.74, 6) is -0.123. The lowest BCUT2D eigenvalue weighted by Gasteiger charge is -2.14. The Bertz CT molecular complexity index is 1180. The van der Waals surface area contributed by atoms with Crippen LogP contribution in [0.1, 0.15) is 40.1 Å². The number of nitrogens with zero attached hydrogens (tertiary/aromatic N) is 3. The zero-order chi connectivity index (χ0) is 20.5. The molecule has 4 rings (SSSR count). The summed E-state index contributed by atoms with van der Waals surface area (Å²) >= 11 is 6.14. The van der Waals surface area contributed by atoms with Crippen LogP contribution in [0.5, 0.6) is 0 Å². The molecule has 1 N–H and O–H groups in total. The van der Waals surface area contributed by atoms with Crippen molar-refractivity contribution in [3.63, 3.8) is 0 Å². The number of nitrogens with one attached hydrogen (secondary N) is 1. The fourth-order valence-electron chi connectivity index (χ4n) is 3.74. The van der Waals surface area contributed by atoms with Gasteiger partial charge in [-0.3, -0.25) is 9.48 Å². The van der Waals surface area contributed by atoms with Gasteiger partial charge in [-0.1, -0.05) is 48.0 Å². The van der Waals surface area contributed by atoms with Gasteiger partial charge in [0.25, 0.3) is 5.91 Å². The molecule has 0 aliphatic carbocycles. The van der Waals surface area contributed by atoms with Crippen LogP contribution in [0.3, 0.4) is 0 Å². The van der Waals surface area contributed by atoms with E-state index in [1.165, 1.54) is 0 Å². The highest BCUT2D eigenvalue weighted by atomic mass is 35.5. The summed E-state index contributed by atoms with van der Waals surface area (Å²) in [7, 11) is 3.85. The molecule has 2 heterocycles. The minimum Gasteiger partial charge on any atom is -0.350 e. The maximum absolute atomic E-state index is 13.1. The Morgan fingerprint density at radius 1 is 1.17 bits per heavy atom. The van der Waals surface area contributed by atoms with Gasteiger partial charge in [-0.05, 0) is 30.2 Å². The monoisotopic (exact) mass is 406 g/mol. The summed E-state index contributed by atoms with van der Waals surface area (Å²) in [6, 6.07) is 15.8. The first-order valence-corrected chi connectivity index (χ1v) is 9.92. The van der Waals surface area contributed by atoms with Crippen LogP contribution < -0.4 is 5.32 Å². The van der Waals surface area contributed by atoms with Gasteiger partial charge >= 0.3 is 0 Å². The number of amides is 1. The molecule has 0 saturated heterocycles. The third-order valence-electron chi connectivity index (χ3n) is 5.32. The lowest BCUT2D eigenvalue weighted by Crippen LogP contribution is -2.27. The van der Waals surface area contributed by atoms with E-state index in [1.54, 1.807) is 10.9 Å². The number of hydrogen-bond acceptors (Lipinski definition) is 2. The van der Waals surface area contributed by atoms with Gasteiger partial charge in [0.15, 0.2) is 0 Å². The van der Waals surface area contributed by atoms with Crippen molar-refractivity contribution in [3.05, 3.63) is 88.3 Å². The predicted molar refractivity (Wildman–Crippen MR) is 116 cm³/mol. The molecule has 148 valence electrons. The summed E-state index contributed by atoms with van der Waals surface area (Å²) in [6.07, 6.45) is 4.34. The summed E-state index contributed by atoms with van der Waals surface area (Å²) in [4.78, 5) is 13.1. The molecule has 6 heteroatoms. The van der Waals surface area contributed by atoms with Crippen LogP contribution >= 0.6 is 11.6 Å². The van der Waals surface area contributed by atoms with E-state index in [9.17, 15) is 4.79 Å². The molecule has 1 amide bonds. The maximum atomic E-state index is 13.1. The number of carbonyl (C=O) groups excluding carboxylic acids is 1. The van der Waals surface area contributed by atoms with Gasteiger partial charge in [0.2, 0.25) is 0 Å². The Balaban J connectivity index is 1.59. The van der Waals surface area contributed by atoms with E-state index in [1.807, 2.05) is 68.2 Å². The normalized spacial score (nSPS) is 12.3. The van der Waals surface area contributed by atoms with E-state index in [-0.39, 0.29) is 11.9 Å². The van der Waals surface area contributed by atoms with E-state index in [0.717, 1.165) is 27.7 Å². The molecule has 0 bridgehead atoms. The summed E-state index contributed by atoms with van der Waals surface area (Å²) < 4.78 is 3.80. The molecule has 1 atom stereocenters. The van der Waals surface area contributed by atoms with Crippen molar-refractivity contribution in [2.75, 3.05) is 0 Å². The minimum absolute atomic E-state index is 0.123. The third-order valence-corrected chi connectivity index (χ3v) is 5.55. The van der Waals surface area contributed by atoms with Gasteiger partial charge in [0.05, 0.1) is 23.5 Å². The zero-order valence-electron chi connectivity index (χ0n) is 16.7. The summed E-state index contributed by atoms with van der Waals surface area (Å²) in [5.41, 5.74) is 4.74. The highest BCUT2D eigenvalue weighted by molar-refractivity contribution is 6.31. The first-order chi connectivity index (χ1) is 13.9. The van der Waals surface area contributed by atoms with Crippen molar-refractivity contribution < 1.29 is 4.79 Å². The van der Waals surface area contributed by atoms with Crippen LogP contribution in [0.15, 0.2) is 60.9 Å². The van der Waals surface area contributed by atoms with Crippen LogP contribution in [0.25, 0.3) is 10.9 Å². The number of benzene rings is 2. The van der Waals surface area contributed by atoms with E-state index < -0.39 is 0 Å². The van der Waals surface area contributed by atoms with Crippen LogP contribution in [0.2, 0.25) is 5.02 Å². The van der Waals surface area contributed by atoms with Crippen LogP contribution in [0.4, 0.5) is 0 Å². The van der Waals surface area contributed by atoms with Gasteiger partial charge in [-0.25, -0.2) is 0 Å². The number of fused-ring (bicyclic) bond motifs is 1. The van der Waals surface area contributed by atoms with Crippen molar-refractivity contribution in [2.24, 2.45) is 14.1 Å². The maximum Gasteiger partial charge on any atom is 0.255 e. The van der Waals surface area contributed by atoms with Crippen molar-refractivity contribution >= 4 is 28.4 Å². The number of aromatic nitrogens is 3. The van der Waals surface area contributed by atoms with Crippen molar-refractivity contribution in [2.45, 2.75) is 19.4 Å². The molecule has 0 fully saturated rings. The highest BCUT2D eigenvalue weighted by Crippen LogP contribution is 2.28. The molecule has 5 nitrogen and oxygen atoms in total. The Labute approximate surface area is 174 Å². The molecule has 1 unspecified atom stereocenters. The fraction of sp³-hybridized carbons (Fsp3) is 0.217. The lowest BCUT2D eigenvalue weighted by atomic mass is 10.0. The highest BCUT2D eigenvalue weighted by Gasteiger charge is 2.20. The average Bonchev–Trinajstić information content (AvgIpc) is 3.23. The summed E-state index contributed by atoms with van der Waals surface area (Å²) in [5, 5.41) is 9.23. The Morgan fingerprint density at radius 3 is 2.69 bits per heavy atom. The molecule has 0 radical (unpaired) electrons. The van der Waals surface area contributed by atoms with Gasteiger partial charge in [-0.15, -0.1) is 0 Å². The molecule has 0 aliphatic heterocycles. The largest absolute Gasteiger partial charge is 0.350 e. The summed E-state index contributed by atoms with van der Waals surface area (Å²) in [6.45, 7) is 1.99. The number of carbonyl (C=O) groups is 1. The molecule has 0 aliphatic rings. The van der Waals surface area contributed by atoms with Crippen molar-refractivity contribution in [1.29, 1.82) is 0 Å². The fourth-order valence-corrected chi connectivity index (χ4v) is 3.90. The van der Waals surface area contributed by atoms with Crippen LogP contribution in [-0.2, 0) is 20.5 Å². The van der Waals surface area contributed by atoms with Crippen LogP contribution in [0, 0.1) is 0 Å². The predicted octanol–water partition coefficient (Wildman–Crippen LogP) is 4.65. The molecule has 0 saturated carbocycles. The molecule has 2 aromatic heterocycles. The second-order valence-corrected chi connectivity index (χ2v) is 7.78. The van der Waals surface area contributed by atoms with E-state index in [4.69, 9.17) is 11.6 Å². The molecule has 4 aromatic rings. The number of rotatable bonds is 5. The SMILES string of the molecule is CC(NC(=O)c1cnn(C)c1Cc1ccccc1)c1cn(C)c2cc(Cl)ccc12. The third kappa shape index (κ3) is 3.78. The number of aryl methyl sites for hydroxylation is 2. The average molecular weight is 407 g/mol. The van der Waals surface area contributed by atoms with E-state index in [2.05, 4.69) is 22.5 Å². The van der Waals surface area contributed by atoms with Gasteiger partial charge in [0, 0.05) is 42.6 Å². The Hall–Kier alpha value is -3.05. The first-order valence-electron chi connectivity index (χ1n) is 9.54. The standard InChI is InChI=1S/C23H23ClN4O/c1-15(20-14-27(2)21-12-17(24)9-10-18(20)21)26-23(29)19-13-25-28(3)22(19)11-16-7-5-4-6-8-16/h4-10,12-15H,11H2,1-3H3,(H,26,29). The van der Waals surface area contributed by atoms with E-state index in [0.29, 0.717) is 17.0 Å². The Morgan fingerprint density at radius 2 is 1.93 bits per heavy atom. The molecule has 2 aromatic carbocycles. The molecular weight excluding hydrogens is 384 g/mol. The number of hydrogen-bond donors (Lipinski definition) is 1. The van der Waals surface area contributed by atoms with Gasteiger partial charge in [0.1, 0.15) is 0 Å². The zero-order valence-corrected chi connectivity index (χ0v) is 17.4. The quantitative estimate of drug-likeness (QED) is 0.524. The van der Waals surface area contributed by atoms with Crippen LogP contribution in [-0.4, -0.2) is 20.3 Å². The first kappa shape index (κ1) is 19.3. The minimum atomic E-state index is -0.155. The second-order valence-electron chi connectivity index (χ2n) is 7.34. The molecular formula is C23H23ClN4O. The molecule has 0 spiro atoms. The Kier molecular flexibility index (Phi) is 5.16. The topological polar surface area (TPSA) is 51.9 Å². The molecule has 29 heavy (non-hydrogen) atoms. The lowest BCUT2D eigenvalue weighted by molar-refractivity contribution is 0.0939. The van der Waals surface area contributed by atoms with E-state index >= 15 is 0 Å². The number of halogens is 1. The van der Waals surface area contributed by atoms with Gasteiger partial charge < -0.3 is 9.88 Å². The van der Waals surface area contributed by atoms with Gasteiger partial charge in [-0.2, -0.15) is 5.10 Å².